The van der Waals surface area contributed by atoms with Gasteiger partial charge >= 0.3 is 0 Å². The lowest BCUT2D eigenvalue weighted by molar-refractivity contribution is -0.218. The fourth-order valence-corrected chi connectivity index (χ4v) is 4.27. The summed E-state index contributed by atoms with van der Waals surface area (Å²) in [5.74, 6) is -0.744. The summed E-state index contributed by atoms with van der Waals surface area (Å²) in [7, 11) is 0. The molecule has 0 amide bonds. The van der Waals surface area contributed by atoms with Gasteiger partial charge in [0.2, 0.25) is 0 Å². The number of ether oxygens (including phenoxy) is 4. The van der Waals surface area contributed by atoms with E-state index in [-0.39, 0.29) is 12.4 Å². The smallest absolute Gasteiger partial charge is 0.190 e. The van der Waals surface area contributed by atoms with Gasteiger partial charge in [-0.2, -0.15) is 0 Å². The highest BCUT2D eigenvalue weighted by Crippen LogP contribution is 2.40. The molecule has 5 nitrogen and oxygen atoms in total. The van der Waals surface area contributed by atoms with Crippen LogP contribution in [0.3, 0.4) is 0 Å². The predicted molar refractivity (Wildman–Crippen MR) is 111 cm³/mol. The predicted octanol–water partition coefficient (Wildman–Crippen LogP) is 5.01. The highest BCUT2D eigenvalue weighted by molar-refractivity contribution is 6.32. The summed E-state index contributed by atoms with van der Waals surface area (Å²) in [6.07, 6.45) is -0.0599. The van der Waals surface area contributed by atoms with Crippen LogP contribution < -0.4 is 0 Å². The first-order valence-electron chi connectivity index (χ1n) is 10.2. The Bertz CT molecular complexity index is 896. The molecule has 2 fully saturated rings. The average molecular weight is 419 g/mol. The summed E-state index contributed by atoms with van der Waals surface area (Å²) in [6.45, 7) is 5.99. The molecule has 0 radical (unpaired) electrons. The summed E-state index contributed by atoms with van der Waals surface area (Å²) < 4.78 is 24.1. The molecule has 4 rings (SSSR count). The van der Waals surface area contributed by atoms with Gasteiger partial charge in [0, 0.05) is 17.0 Å². The number of Topliss-reactive ketones (excluding diaryl/α,β-unsaturated/α-hetero) is 1. The molecule has 2 aromatic carbocycles. The molecule has 0 aliphatic carbocycles. The minimum absolute atomic E-state index is 0.0280. The van der Waals surface area contributed by atoms with E-state index in [1.165, 1.54) is 0 Å². The molecule has 0 bridgehead atoms. The van der Waals surface area contributed by atoms with Crippen molar-refractivity contribution >= 4 is 28.2 Å². The van der Waals surface area contributed by atoms with Crippen LogP contribution in [0.25, 0.3) is 10.8 Å². The van der Waals surface area contributed by atoms with Crippen molar-refractivity contribution in [3.05, 3.63) is 47.0 Å². The number of ketones is 1. The fraction of sp³-hybridized carbons (Fsp3) is 0.522. The largest absolute Gasteiger partial charge is 0.367 e. The number of rotatable bonds is 7. The zero-order valence-electron chi connectivity index (χ0n) is 17.0. The first kappa shape index (κ1) is 20.8. The number of carbonyl (C=O) groups is 1. The minimum Gasteiger partial charge on any atom is -0.367 e. The summed E-state index contributed by atoms with van der Waals surface area (Å²) in [4.78, 5) is 12.8. The molecule has 2 saturated heterocycles. The normalized spacial score (nSPS) is 28.0. The molecule has 6 heteroatoms. The zero-order valence-corrected chi connectivity index (χ0v) is 17.8. The van der Waals surface area contributed by atoms with Gasteiger partial charge in [-0.15, -0.1) is 0 Å². The van der Waals surface area contributed by atoms with E-state index in [0.717, 1.165) is 29.2 Å². The molecule has 0 unspecified atom stereocenters. The number of unbranched alkanes of at least 4 members (excludes halogenated alkanes) is 1. The number of hydrogen-bond acceptors (Lipinski definition) is 5. The van der Waals surface area contributed by atoms with Crippen molar-refractivity contribution in [3.63, 3.8) is 0 Å². The molecule has 2 aromatic rings. The Kier molecular flexibility index (Phi) is 5.96. The lowest BCUT2D eigenvalue weighted by atomic mass is 10.0. The SMILES string of the molecule is CCCCC(=O)[C@H]1O[C@@H]2OC(C)(C)O[C@@H]2[C@H]1OCc1c(Cl)ccc2ccccc12. The second kappa shape index (κ2) is 8.32. The van der Waals surface area contributed by atoms with Gasteiger partial charge in [-0.1, -0.05) is 55.3 Å². The van der Waals surface area contributed by atoms with E-state index in [2.05, 4.69) is 6.92 Å². The Hall–Kier alpha value is -1.50. The van der Waals surface area contributed by atoms with Gasteiger partial charge in [-0.05, 0) is 37.1 Å². The van der Waals surface area contributed by atoms with Crippen molar-refractivity contribution in [3.8, 4) is 0 Å². The molecule has 0 saturated carbocycles. The van der Waals surface area contributed by atoms with Crippen LogP contribution in [0.2, 0.25) is 5.02 Å². The van der Waals surface area contributed by atoms with Crippen molar-refractivity contribution in [1.29, 1.82) is 0 Å². The molecule has 29 heavy (non-hydrogen) atoms. The van der Waals surface area contributed by atoms with Gasteiger partial charge in [0.1, 0.15) is 18.3 Å². The Morgan fingerprint density at radius 2 is 1.97 bits per heavy atom. The summed E-state index contributed by atoms with van der Waals surface area (Å²) in [5, 5.41) is 2.76. The molecule has 4 atom stereocenters. The monoisotopic (exact) mass is 418 g/mol. The first-order chi connectivity index (χ1) is 13.9. The van der Waals surface area contributed by atoms with Gasteiger partial charge in [-0.3, -0.25) is 4.79 Å². The van der Waals surface area contributed by atoms with Gasteiger partial charge in [0.25, 0.3) is 0 Å². The summed E-state index contributed by atoms with van der Waals surface area (Å²) in [6, 6.07) is 11.9. The number of fused-ring (bicyclic) bond motifs is 2. The van der Waals surface area contributed by atoms with E-state index in [0.29, 0.717) is 11.4 Å². The van der Waals surface area contributed by atoms with Crippen LogP contribution in [0.1, 0.15) is 45.6 Å². The third-order valence-electron chi connectivity index (χ3n) is 5.49. The topological polar surface area (TPSA) is 54.0 Å². The van der Waals surface area contributed by atoms with Crippen molar-refractivity contribution in [2.24, 2.45) is 0 Å². The Labute approximate surface area is 176 Å². The zero-order chi connectivity index (χ0) is 20.6. The molecule has 2 aliphatic rings. The molecular weight excluding hydrogens is 392 g/mol. The van der Waals surface area contributed by atoms with Crippen molar-refractivity contribution in [2.75, 3.05) is 0 Å². The van der Waals surface area contributed by atoms with E-state index in [9.17, 15) is 4.79 Å². The van der Waals surface area contributed by atoms with E-state index in [1.54, 1.807) is 0 Å². The average Bonchev–Trinajstić information content (AvgIpc) is 3.17. The number of benzene rings is 2. The quantitative estimate of drug-likeness (QED) is 0.632. The van der Waals surface area contributed by atoms with E-state index in [1.807, 2.05) is 50.2 Å². The molecular formula is C23H27ClO5. The Balaban J connectivity index is 1.57. The van der Waals surface area contributed by atoms with Gasteiger partial charge in [-0.25, -0.2) is 0 Å². The molecule has 0 aromatic heterocycles. The summed E-state index contributed by atoms with van der Waals surface area (Å²) in [5.41, 5.74) is 0.895. The highest BCUT2D eigenvalue weighted by atomic mass is 35.5. The van der Waals surface area contributed by atoms with Crippen LogP contribution in [-0.4, -0.2) is 36.2 Å². The van der Waals surface area contributed by atoms with Crippen LogP contribution >= 0.6 is 11.6 Å². The van der Waals surface area contributed by atoms with Gasteiger partial charge in [0.15, 0.2) is 17.9 Å². The fourth-order valence-electron chi connectivity index (χ4n) is 4.05. The third kappa shape index (κ3) is 4.21. The maximum atomic E-state index is 12.8. The van der Waals surface area contributed by atoms with Gasteiger partial charge < -0.3 is 18.9 Å². The Morgan fingerprint density at radius 1 is 1.17 bits per heavy atom. The molecule has 0 spiro atoms. The van der Waals surface area contributed by atoms with Crippen LogP contribution in [0, 0.1) is 0 Å². The van der Waals surface area contributed by atoms with Crippen LogP contribution in [-0.2, 0) is 30.3 Å². The number of carbonyl (C=O) groups excluding carboxylic acids is 1. The number of hydrogen-bond donors (Lipinski definition) is 0. The summed E-state index contributed by atoms with van der Waals surface area (Å²) >= 11 is 6.48. The van der Waals surface area contributed by atoms with Crippen LogP contribution in [0.5, 0.6) is 0 Å². The van der Waals surface area contributed by atoms with Crippen LogP contribution in [0.15, 0.2) is 36.4 Å². The molecule has 2 heterocycles. The van der Waals surface area contributed by atoms with E-state index >= 15 is 0 Å². The highest BCUT2D eigenvalue weighted by Gasteiger charge is 2.57. The lowest BCUT2D eigenvalue weighted by Crippen LogP contribution is -2.40. The second-order valence-corrected chi connectivity index (χ2v) is 8.52. The van der Waals surface area contributed by atoms with Crippen molar-refractivity contribution in [2.45, 2.75) is 77.0 Å². The molecule has 2 aliphatic heterocycles. The Morgan fingerprint density at radius 3 is 2.76 bits per heavy atom. The van der Waals surface area contributed by atoms with Gasteiger partial charge in [0.05, 0.1) is 6.61 Å². The number of halogens is 1. The van der Waals surface area contributed by atoms with E-state index in [4.69, 9.17) is 30.5 Å². The van der Waals surface area contributed by atoms with Crippen LogP contribution in [0.4, 0.5) is 0 Å². The maximum Gasteiger partial charge on any atom is 0.190 e. The maximum absolute atomic E-state index is 12.8. The first-order valence-corrected chi connectivity index (χ1v) is 10.6. The standard InChI is InChI=1S/C23H27ClO5/c1-4-5-10-18(25)19-20(21-22(27-19)29-23(2,3)28-21)26-13-16-15-9-7-6-8-14(15)11-12-17(16)24/h6-9,11-12,19-22H,4-5,10,13H2,1-3H3/t19-,20+,21-,22-/m1/s1. The van der Waals surface area contributed by atoms with Crippen molar-refractivity contribution in [1.82, 2.24) is 0 Å². The second-order valence-electron chi connectivity index (χ2n) is 8.12. The minimum atomic E-state index is -0.772. The molecule has 0 N–H and O–H groups in total. The third-order valence-corrected chi connectivity index (χ3v) is 5.84. The lowest BCUT2D eigenvalue weighted by Gasteiger charge is -2.25. The van der Waals surface area contributed by atoms with E-state index < -0.39 is 30.4 Å². The molecule has 156 valence electrons. The van der Waals surface area contributed by atoms with Crippen molar-refractivity contribution < 1.29 is 23.7 Å².